The van der Waals surface area contributed by atoms with Crippen molar-refractivity contribution in [1.82, 2.24) is 4.90 Å². The summed E-state index contributed by atoms with van der Waals surface area (Å²) < 4.78 is 18.8. The number of benzene rings is 2. The standard InChI is InChI=1S/C27H31FN2O4/c1-2-34-27(33)22-6-4-14-29(18-22)25(31)16-19-8-12-24(13-9-19)30(26(32)21-10-11-21)17-20-5-3-7-23(28)15-20/h3,5,7-9,12-13,15,21-22H,2,4,6,10-11,14,16-18H2,1H3/t22-/m1/s1. The third-order valence-corrected chi connectivity index (χ3v) is 6.42. The van der Waals surface area contributed by atoms with E-state index in [1.165, 1.54) is 12.1 Å². The maximum atomic E-state index is 13.7. The zero-order valence-electron chi connectivity index (χ0n) is 19.5. The summed E-state index contributed by atoms with van der Waals surface area (Å²) in [5.74, 6) is -0.763. The minimum absolute atomic E-state index is 0.0209. The fourth-order valence-electron chi connectivity index (χ4n) is 4.40. The van der Waals surface area contributed by atoms with E-state index < -0.39 is 0 Å². The number of rotatable bonds is 8. The summed E-state index contributed by atoms with van der Waals surface area (Å²) in [4.78, 5) is 41.3. The minimum atomic E-state index is -0.326. The lowest BCUT2D eigenvalue weighted by Gasteiger charge is -2.31. The van der Waals surface area contributed by atoms with Gasteiger partial charge in [0.1, 0.15) is 5.82 Å². The quantitative estimate of drug-likeness (QED) is 0.549. The summed E-state index contributed by atoms with van der Waals surface area (Å²) in [5.41, 5.74) is 2.31. The van der Waals surface area contributed by atoms with Gasteiger partial charge in [0, 0.05) is 24.7 Å². The predicted octanol–water partition coefficient (Wildman–Crippen LogP) is 4.11. The molecule has 4 rings (SSSR count). The second-order valence-corrected chi connectivity index (χ2v) is 9.10. The van der Waals surface area contributed by atoms with Gasteiger partial charge >= 0.3 is 5.97 Å². The molecule has 1 saturated carbocycles. The van der Waals surface area contributed by atoms with Crippen LogP contribution < -0.4 is 4.90 Å². The topological polar surface area (TPSA) is 66.9 Å². The number of likely N-dealkylation sites (tertiary alicyclic amines) is 1. The third kappa shape index (κ3) is 6.01. The monoisotopic (exact) mass is 466 g/mol. The van der Waals surface area contributed by atoms with Crippen molar-refractivity contribution in [3.8, 4) is 0 Å². The number of ether oxygens (including phenoxy) is 1. The Bertz CT molecular complexity index is 1040. The van der Waals surface area contributed by atoms with Gasteiger partial charge in [-0.05, 0) is 68.0 Å². The molecule has 1 aliphatic carbocycles. The largest absolute Gasteiger partial charge is 0.466 e. The molecule has 0 N–H and O–H groups in total. The van der Waals surface area contributed by atoms with Crippen molar-refractivity contribution in [1.29, 1.82) is 0 Å². The highest BCUT2D eigenvalue weighted by molar-refractivity contribution is 5.96. The van der Waals surface area contributed by atoms with Gasteiger partial charge in [-0.2, -0.15) is 0 Å². The maximum absolute atomic E-state index is 13.7. The van der Waals surface area contributed by atoms with Crippen LogP contribution in [0.25, 0.3) is 0 Å². The fourth-order valence-corrected chi connectivity index (χ4v) is 4.40. The van der Waals surface area contributed by atoms with Crippen LogP contribution in [0.4, 0.5) is 10.1 Å². The van der Waals surface area contributed by atoms with Gasteiger partial charge in [-0.15, -0.1) is 0 Å². The second-order valence-electron chi connectivity index (χ2n) is 9.10. The normalized spacial score (nSPS) is 17.8. The highest BCUT2D eigenvalue weighted by atomic mass is 19.1. The van der Waals surface area contributed by atoms with E-state index in [2.05, 4.69) is 0 Å². The highest BCUT2D eigenvalue weighted by Crippen LogP contribution is 2.33. The van der Waals surface area contributed by atoms with E-state index in [0.29, 0.717) is 26.2 Å². The molecular formula is C27H31FN2O4. The van der Waals surface area contributed by atoms with Gasteiger partial charge in [0.15, 0.2) is 0 Å². The Morgan fingerprint density at radius 2 is 1.79 bits per heavy atom. The number of carbonyl (C=O) groups is 3. The van der Waals surface area contributed by atoms with Crippen LogP contribution in [-0.4, -0.2) is 42.4 Å². The lowest BCUT2D eigenvalue weighted by molar-refractivity contribution is -0.151. The van der Waals surface area contributed by atoms with Crippen LogP contribution in [0.15, 0.2) is 48.5 Å². The van der Waals surface area contributed by atoms with Crippen molar-refractivity contribution in [3.63, 3.8) is 0 Å². The van der Waals surface area contributed by atoms with Crippen LogP contribution in [-0.2, 0) is 32.1 Å². The van der Waals surface area contributed by atoms with Crippen molar-refractivity contribution in [2.24, 2.45) is 11.8 Å². The summed E-state index contributed by atoms with van der Waals surface area (Å²) in [6.45, 7) is 3.46. The number of carbonyl (C=O) groups excluding carboxylic acids is 3. The van der Waals surface area contributed by atoms with Crippen molar-refractivity contribution < 1.29 is 23.5 Å². The van der Waals surface area contributed by atoms with Gasteiger partial charge in [-0.3, -0.25) is 14.4 Å². The van der Waals surface area contributed by atoms with Gasteiger partial charge in [-0.25, -0.2) is 4.39 Å². The molecule has 2 aromatic rings. The van der Waals surface area contributed by atoms with E-state index in [9.17, 15) is 18.8 Å². The minimum Gasteiger partial charge on any atom is -0.466 e. The second kappa shape index (κ2) is 10.8. The number of nitrogens with zero attached hydrogens (tertiary/aromatic N) is 2. The Morgan fingerprint density at radius 1 is 1.03 bits per heavy atom. The van der Waals surface area contributed by atoms with Crippen LogP contribution in [0.2, 0.25) is 0 Å². The van der Waals surface area contributed by atoms with Gasteiger partial charge < -0.3 is 14.5 Å². The molecule has 7 heteroatoms. The molecular weight excluding hydrogens is 435 g/mol. The predicted molar refractivity (Wildman–Crippen MR) is 126 cm³/mol. The number of hydrogen-bond donors (Lipinski definition) is 0. The van der Waals surface area contributed by atoms with Crippen LogP contribution in [0, 0.1) is 17.7 Å². The number of halogens is 1. The average Bonchev–Trinajstić information content (AvgIpc) is 3.69. The molecule has 2 aromatic carbocycles. The number of piperidine rings is 1. The number of esters is 1. The lowest BCUT2D eigenvalue weighted by atomic mass is 9.97. The van der Waals surface area contributed by atoms with E-state index in [1.54, 1.807) is 22.8 Å². The van der Waals surface area contributed by atoms with Crippen LogP contribution in [0.5, 0.6) is 0 Å². The molecule has 1 atom stereocenters. The SMILES string of the molecule is CCOC(=O)[C@@H]1CCCN(C(=O)Cc2ccc(N(Cc3cccc(F)c3)C(=O)C3CC3)cc2)C1. The summed E-state index contributed by atoms with van der Waals surface area (Å²) in [7, 11) is 0. The Labute approximate surface area is 199 Å². The van der Waals surface area contributed by atoms with E-state index in [4.69, 9.17) is 4.74 Å². The molecule has 1 aliphatic heterocycles. The molecule has 34 heavy (non-hydrogen) atoms. The molecule has 2 amide bonds. The van der Waals surface area contributed by atoms with Crippen molar-refractivity contribution in [2.75, 3.05) is 24.6 Å². The fraction of sp³-hybridized carbons (Fsp3) is 0.444. The first-order valence-corrected chi connectivity index (χ1v) is 12.0. The highest BCUT2D eigenvalue weighted by Gasteiger charge is 2.34. The molecule has 0 bridgehead atoms. The van der Waals surface area contributed by atoms with Gasteiger partial charge in [0.25, 0.3) is 0 Å². The first-order chi connectivity index (χ1) is 16.4. The van der Waals surface area contributed by atoms with Gasteiger partial charge in [0.2, 0.25) is 11.8 Å². The Morgan fingerprint density at radius 3 is 2.47 bits per heavy atom. The first-order valence-electron chi connectivity index (χ1n) is 12.0. The van der Waals surface area contributed by atoms with E-state index in [-0.39, 0.29) is 41.9 Å². The Hall–Kier alpha value is -3.22. The van der Waals surface area contributed by atoms with Crippen molar-refractivity contribution in [2.45, 2.75) is 45.6 Å². The summed E-state index contributed by atoms with van der Waals surface area (Å²) in [6.07, 6.45) is 3.53. The zero-order valence-corrected chi connectivity index (χ0v) is 19.5. The number of anilines is 1. The Balaban J connectivity index is 1.41. The lowest BCUT2D eigenvalue weighted by Crippen LogP contribution is -2.43. The smallest absolute Gasteiger partial charge is 0.310 e. The van der Waals surface area contributed by atoms with Crippen molar-refractivity contribution in [3.05, 3.63) is 65.5 Å². The third-order valence-electron chi connectivity index (χ3n) is 6.42. The van der Waals surface area contributed by atoms with Crippen molar-refractivity contribution >= 4 is 23.5 Å². The van der Waals surface area contributed by atoms with Crippen LogP contribution in [0.3, 0.4) is 0 Å². The van der Waals surface area contributed by atoms with E-state index >= 15 is 0 Å². The molecule has 6 nitrogen and oxygen atoms in total. The van der Waals surface area contributed by atoms with E-state index in [0.717, 1.165) is 42.5 Å². The molecule has 0 unspecified atom stereocenters. The van der Waals surface area contributed by atoms with Gasteiger partial charge in [0.05, 0.1) is 25.5 Å². The summed E-state index contributed by atoms with van der Waals surface area (Å²) in [5, 5.41) is 0. The maximum Gasteiger partial charge on any atom is 0.310 e. The molecule has 2 aliphatic rings. The van der Waals surface area contributed by atoms with E-state index in [1.807, 2.05) is 30.3 Å². The van der Waals surface area contributed by atoms with Crippen LogP contribution in [0.1, 0.15) is 43.7 Å². The first kappa shape index (κ1) is 23.9. The molecule has 180 valence electrons. The zero-order chi connectivity index (χ0) is 24.1. The van der Waals surface area contributed by atoms with Crippen LogP contribution >= 0.6 is 0 Å². The molecule has 1 heterocycles. The molecule has 0 radical (unpaired) electrons. The molecule has 2 fully saturated rings. The number of hydrogen-bond acceptors (Lipinski definition) is 4. The average molecular weight is 467 g/mol. The molecule has 1 saturated heterocycles. The summed E-state index contributed by atoms with van der Waals surface area (Å²) >= 11 is 0. The molecule has 0 spiro atoms. The summed E-state index contributed by atoms with van der Waals surface area (Å²) in [6, 6.07) is 13.7. The number of amides is 2. The Kier molecular flexibility index (Phi) is 7.60. The van der Waals surface area contributed by atoms with Gasteiger partial charge in [-0.1, -0.05) is 24.3 Å². The molecule has 0 aromatic heterocycles.